The van der Waals surface area contributed by atoms with Gasteiger partial charge in [-0.25, -0.2) is 0 Å². The lowest BCUT2D eigenvalue weighted by molar-refractivity contribution is 0.592. The molecule has 0 radical (unpaired) electrons. The lowest BCUT2D eigenvalue weighted by Gasteiger charge is -2.16. The standard InChI is InChI=1S/C15H17N/c1-11(2)16-14-9-5-3-7-12(14)13-8-4-6-10-15(13)16/h3-5,7-9,11H,6,10H2,1-2H3. The topological polar surface area (TPSA) is 4.93 Å². The van der Waals surface area contributed by atoms with Crippen molar-refractivity contribution in [3.05, 3.63) is 41.6 Å². The Morgan fingerprint density at radius 1 is 1.19 bits per heavy atom. The number of aromatic nitrogens is 1. The number of para-hydroxylation sites is 1. The molecule has 1 heterocycles. The Kier molecular flexibility index (Phi) is 2.13. The summed E-state index contributed by atoms with van der Waals surface area (Å²) in [5.41, 5.74) is 4.34. The Morgan fingerprint density at radius 2 is 2.00 bits per heavy atom. The highest BCUT2D eigenvalue weighted by atomic mass is 15.0. The molecule has 16 heavy (non-hydrogen) atoms. The van der Waals surface area contributed by atoms with Crippen LogP contribution in [-0.2, 0) is 6.42 Å². The molecule has 1 aromatic heterocycles. The summed E-state index contributed by atoms with van der Waals surface area (Å²) in [5, 5.41) is 1.40. The SMILES string of the molecule is CC(C)n1c2c(c3ccccc31)C=CCC2. The van der Waals surface area contributed by atoms with Gasteiger partial charge >= 0.3 is 0 Å². The molecule has 1 heteroatoms. The maximum atomic E-state index is 2.49. The van der Waals surface area contributed by atoms with Crippen molar-refractivity contribution >= 4 is 17.0 Å². The molecule has 0 saturated carbocycles. The maximum Gasteiger partial charge on any atom is 0.0491 e. The molecule has 0 fully saturated rings. The summed E-state index contributed by atoms with van der Waals surface area (Å²) in [4.78, 5) is 0. The molecule has 0 N–H and O–H groups in total. The van der Waals surface area contributed by atoms with Gasteiger partial charge in [0.15, 0.2) is 0 Å². The van der Waals surface area contributed by atoms with Crippen molar-refractivity contribution in [2.45, 2.75) is 32.7 Å². The van der Waals surface area contributed by atoms with E-state index in [1.54, 1.807) is 0 Å². The van der Waals surface area contributed by atoms with E-state index in [1.165, 1.54) is 35.0 Å². The highest BCUT2D eigenvalue weighted by Gasteiger charge is 2.17. The van der Waals surface area contributed by atoms with Crippen molar-refractivity contribution in [3.8, 4) is 0 Å². The largest absolute Gasteiger partial charge is 0.341 e. The van der Waals surface area contributed by atoms with Crippen LogP contribution in [0.2, 0.25) is 0 Å². The van der Waals surface area contributed by atoms with Gasteiger partial charge in [0.2, 0.25) is 0 Å². The van der Waals surface area contributed by atoms with Crippen LogP contribution in [0.5, 0.6) is 0 Å². The third-order valence-corrected chi connectivity index (χ3v) is 3.40. The summed E-state index contributed by atoms with van der Waals surface area (Å²) in [6.45, 7) is 4.54. The molecule has 2 aromatic rings. The fourth-order valence-corrected chi connectivity index (χ4v) is 2.79. The van der Waals surface area contributed by atoms with Crippen LogP contribution in [-0.4, -0.2) is 4.57 Å². The van der Waals surface area contributed by atoms with Gasteiger partial charge < -0.3 is 4.57 Å². The second-order valence-electron chi connectivity index (χ2n) is 4.78. The van der Waals surface area contributed by atoms with E-state index in [0.29, 0.717) is 6.04 Å². The van der Waals surface area contributed by atoms with E-state index < -0.39 is 0 Å². The molecule has 0 spiro atoms. The average molecular weight is 211 g/mol. The van der Waals surface area contributed by atoms with Crippen molar-refractivity contribution in [2.24, 2.45) is 0 Å². The normalized spacial score (nSPS) is 14.7. The van der Waals surface area contributed by atoms with Crippen LogP contribution in [0.15, 0.2) is 30.3 Å². The summed E-state index contributed by atoms with van der Waals surface area (Å²) >= 11 is 0. The molecular formula is C15H17N. The van der Waals surface area contributed by atoms with Gasteiger partial charge in [-0.2, -0.15) is 0 Å². The van der Waals surface area contributed by atoms with Crippen molar-refractivity contribution in [1.29, 1.82) is 0 Å². The first-order valence-electron chi connectivity index (χ1n) is 6.07. The number of nitrogens with zero attached hydrogens (tertiary/aromatic N) is 1. The Hall–Kier alpha value is -1.50. The van der Waals surface area contributed by atoms with Crippen LogP contribution in [0.1, 0.15) is 37.6 Å². The van der Waals surface area contributed by atoms with E-state index >= 15 is 0 Å². The van der Waals surface area contributed by atoms with Gasteiger partial charge in [0.05, 0.1) is 0 Å². The predicted molar refractivity (Wildman–Crippen MR) is 69.7 cm³/mol. The van der Waals surface area contributed by atoms with Crippen LogP contribution < -0.4 is 0 Å². The van der Waals surface area contributed by atoms with Crippen LogP contribution >= 0.6 is 0 Å². The zero-order valence-electron chi connectivity index (χ0n) is 9.90. The number of allylic oxidation sites excluding steroid dienone is 1. The van der Waals surface area contributed by atoms with Gasteiger partial charge in [-0.3, -0.25) is 0 Å². The zero-order valence-corrected chi connectivity index (χ0v) is 9.90. The fourth-order valence-electron chi connectivity index (χ4n) is 2.79. The summed E-state index contributed by atoms with van der Waals surface area (Å²) in [6.07, 6.45) is 6.94. The quantitative estimate of drug-likeness (QED) is 0.666. The molecule has 0 atom stereocenters. The molecule has 1 aromatic carbocycles. The second-order valence-corrected chi connectivity index (χ2v) is 4.78. The van der Waals surface area contributed by atoms with E-state index in [2.05, 4.69) is 54.8 Å². The van der Waals surface area contributed by atoms with Crippen molar-refractivity contribution in [3.63, 3.8) is 0 Å². The average Bonchev–Trinajstić information content (AvgIpc) is 2.63. The molecule has 1 aliphatic rings. The van der Waals surface area contributed by atoms with E-state index in [4.69, 9.17) is 0 Å². The minimum atomic E-state index is 0.542. The molecule has 0 aliphatic heterocycles. The molecule has 0 unspecified atom stereocenters. The van der Waals surface area contributed by atoms with E-state index in [9.17, 15) is 0 Å². The predicted octanol–water partition coefficient (Wildman–Crippen LogP) is 4.18. The highest BCUT2D eigenvalue weighted by molar-refractivity contribution is 5.92. The summed E-state index contributed by atoms with van der Waals surface area (Å²) in [7, 11) is 0. The Morgan fingerprint density at radius 3 is 2.81 bits per heavy atom. The number of hydrogen-bond donors (Lipinski definition) is 0. The van der Waals surface area contributed by atoms with Crippen LogP contribution in [0.25, 0.3) is 17.0 Å². The molecular weight excluding hydrogens is 194 g/mol. The van der Waals surface area contributed by atoms with E-state index in [1.807, 2.05) is 0 Å². The summed E-state index contributed by atoms with van der Waals surface area (Å²) in [5.74, 6) is 0. The second kappa shape index (κ2) is 3.51. The van der Waals surface area contributed by atoms with Crippen molar-refractivity contribution < 1.29 is 0 Å². The first-order valence-corrected chi connectivity index (χ1v) is 6.07. The van der Waals surface area contributed by atoms with Gasteiger partial charge in [0, 0.05) is 28.2 Å². The van der Waals surface area contributed by atoms with E-state index in [-0.39, 0.29) is 0 Å². The smallest absolute Gasteiger partial charge is 0.0491 e. The fraction of sp³-hybridized carbons (Fsp3) is 0.333. The van der Waals surface area contributed by atoms with Gasteiger partial charge in [-0.05, 0) is 32.8 Å². The highest BCUT2D eigenvalue weighted by Crippen LogP contribution is 2.33. The third-order valence-electron chi connectivity index (χ3n) is 3.40. The maximum absolute atomic E-state index is 2.49. The molecule has 0 amide bonds. The molecule has 1 aliphatic carbocycles. The Labute approximate surface area is 96.4 Å². The molecule has 1 nitrogen and oxygen atoms in total. The van der Waals surface area contributed by atoms with E-state index in [0.717, 1.165) is 0 Å². The number of benzene rings is 1. The van der Waals surface area contributed by atoms with Crippen LogP contribution in [0.3, 0.4) is 0 Å². The number of fused-ring (bicyclic) bond motifs is 3. The molecule has 0 saturated heterocycles. The van der Waals surface area contributed by atoms with Crippen molar-refractivity contribution in [1.82, 2.24) is 4.57 Å². The van der Waals surface area contributed by atoms with Gasteiger partial charge in [-0.15, -0.1) is 0 Å². The lowest BCUT2D eigenvalue weighted by atomic mass is 10.0. The van der Waals surface area contributed by atoms with Crippen molar-refractivity contribution in [2.75, 3.05) is 0 Å². The molecule has 0 bridgehead atoms. The Balaban J connectivity index is 2.43. The van der Waals surface area contributed by atoms with Gasteiger partial charge in [0.25, 0.3) is 0 Å². The zero-order chi connectivity index (χ0) is 11.1. The number of hydrogen-bond acceptors (Lipinski definition) is 0. The number of rotatable bonds is 1. The van der Waals surface area contributed by atoms with Crippen LogP contribution in [0, 0.1) is 0 Å². The minimum absolute atomic E-state index is 0.542. The summed E-state index contributed by atoms with van der Waals surface area (Å²) in [6, 6.07) is 9.29. The van der Waals surface area contributed by atoms with Gasteiger partial charge in [-0.1, -0.05) is 30.4 Å². The minimum Gasteiger partial charge on any atom is -0.341 e. The monoisotopic (exact) mass is 211 g/mol. The lowest BCUT2D eigenvalue weighted by Crippen LogP contribution is -2.07. The molecule has 3 rings (SSSR count). The van der Waals surface area contributed by atoms with Crippen LogP contribution in [0.4, 0.5) is 0 Å². The van der Waals surface area contributed by atoms with Gasteiger partial charge in [0.1, 0.15) is 0 Å². The first-order chi connectivity index (χ1) is 7.79. The summed E-state index contributed by atoms with van der Waals surface area (Å²) < 4.78 is 2.49. The first kappa shape index (κ1) is 9.71. The Bertz CT molecular complexity index is 558. The third kappa shape index (κ3) is 1.24. The molecule has 82 valence electrons.